The Kier molecular flexibility index (Phi) is 124. The summed E-state index contributed by atoms with van der Waals surface area (Å²) < 4.78 is 127. The molecule has 0 aliphatic rings. The molecule has 138 valence electrons. The summed E-state index contributed by atoms with van der Waals surface area (Å²) >= 11 is -15.6. The molecule has 0 rings (SSSR count). The number of hydrogen-bond donors (Lipinski definition) is 0. The van der Waals surface area contributed by atoms with Gasteiger partial charge in [-0.3, -0.25) is 21.0 Å². The average molecular weight is 879 g/mol. The van der Waals surface area contributed by atoms with E-state index < -0.39 is 56.8 Å². The Bertz CT molecular complexity index is 221. The molecule has 0 bridgehead atoms. The van der Waals surface area contributed by atoms with E-state index in [1.165, 1.54) is 0 Å². The Morgan fingerprint density at radius 1 is 0.333 bits per heavy atom. The van der Waals surface area contributed by atoms with Crippen LogP contribution in [0.1, 0.15) is 0 Å². The number of rotatable bonds is 0. The van der Waals surface area contributed by atoms with Crippen molar-refractivity contribution in [1.82, 2.24) is 0 Å². The molecule has 24 heavy (non-hydrogen) atoms. The molecular weight excluding hydrogens is 879 g/mol. The van der Waals surface area contributed by atoms with Gasteiger partial charge in [0.15, 0.2) is 0 Å². The summed E-state index contributed by atoms with van der Waals surface area (Å²) in [6.45, 7) is 0. The van der Waals surface area contributed by atoms with Gasteiger partial charge in [-0.05, 0) is 0 Å². The molecule has 0 unspecified atom stereocenters. The SMILES string of the molecule is O=S([O-])[O-].O=S([O-])[O-].O=S([O-])[O-].O=S([O-])[O-].O=S([O-])[O-].[Eu+3].[Eu+3].[Sr+2].[Sr+2]. The Morgan fingerprint density at radius 3 is 0.333 bits per heavy atom. The van der Waals surface area contributed by atoms with Crippen LogP contribution in [0.4, 0.5) is 0 Å². The van der Waals surface area contributed by atoms with E-state index in [-0.39, 0.29) is 190 Å². The predicted octanol–water partition coefficient (Wildman–Crippen LogP) is -5.78. The van der Waals surface area contributed by atoms with Crippen LogP contribution in [-0.2, 0) is 56.8 Å². The zero-order valence-corrected chi connectivity index (χ0v) is 26.2. The van der Waals surface area contributed by atoms with Gasteiger partial charge in [0.25, 0.3) is 0 Å². The van der Waals surface area contributed by atoms with Crippen LogP contribution in [0.25, 0.3) is 0 Å². The Hall–Kier alpha value is 6.48. The Labute approximate surface area is 304 Å². The van der Waals surface area contributed by atoms with Crippen molar-refractivity contribution in [2.24, 2.45) is 0 Å². The van der Waals surface area contributed by atoms with E-state index in [1.54, 1.807) is 0 Å². The van der Waals surface area contributed by atoms with Crippen molar-refractivity contribution in [2.75, 3.05) is 0 Å². The minimum atomic E-state index is -3.11. The zero-order chi connectivity index (χ0) is 17.9. The number of hydrogen-bond acceptors (Lipinski definition) is 15. The summed E-state index contributed by atoms with van der Waals surface area (Å²) in [7, 11) is 0. The molecule has 0 heterocycles. The fraction of sp³-hybridized carbons (Fsp3) is 0. The van der Waals surface area contributed by atoms with Crippen LogP contribution in [-0.4, -0.2) is 158 Å². The molecule has 0 spiro atoms. The van der Waals surface area contributed by atoms with Crippen LogP contribution in [0, 0.1) is 98.8 Å². The zero-order valence-electron chi connectivity index (χ0n) is 10.3. The molecule has 24 heteroatoms. The van der Waals surface area contributed by atoms with Gasteiger partial charge in [-0.2, -0.15) is 0 Å². The van der Waals surface area contributed by atoms with Crippen LogP contribution in [0.5, 0.6) is 0 Å². The van der Waals surface area contributed by atoms with Crippen LogP contribution < -0.4 is 0 Å². The van der Waals surface area contributed by atoms with Gasteiger partial charge >= 0.3 is 190 Å². The van der Waals surface area contributed by atoms with E-state index in [9.17, 15) is 0 Å². The van der Waals surface area contributed by atoms with E-state index in [2.05, 4.69) is 0 Å². The molecule has 0 aromatic heterocycles. The second-order valence-electron chi connectivity index (χ2n) is 1.02. The van der Waals surface area contributed by atoms with E-state index in [0.29, 0.717) is 0 Å². The first-order chi connectivity index (χ1) is 8.66. The van der Waals surface area contributed by atoms with Crippen molar-refractivity contribution >= 4 is 148 Å². The second kappa shape index (κ2) is 51.8. The Morgan fingerprint density at radius 2 is 0.333 bits per heavy atom. The molecule has 0 saturated heterocycles. The predicted molar refractivity (Wildman–Crippen MR) is 60.0 cm³/mol. The molecule has 0 radical (unpaired) electrons. The fourth-order valence-electron chi connectivity index (χ4n) is 0. The topological polar surface area (TPSA) is 316 Å². The summed E-state index contributed by atoms with van der Waals surface area (Å²) in [5, 5.41) is 0. The van der Waals surface area contributed by atoms with Crippen LogP contribution in [0.2, 0.25) is 0 Å². The van der Waals surface area contributed by atoms with Gasteiger partial charge in [-0.15, -0.1) is 56.8 Å². The summed E-state index contributed by atoms with van der Waals surface area (Å²) in [5.41, 5.74) is 0. The molecule has 0 saturated carbocycles. The van der Waals surface area contributed by atoms with Gasteiger partial charge in [-0.25, -0.2) is 0 Å². The third kappa shape index (κ3) is 512. The van der Waals surface area contributed by atoms with Gasteiger partial charge in [0.05, 0.1) is 0 Å². The maximum Gasteiger partial charge on any atom is 3.00 e. The standard InChI is InChI=1S/2Eu.5H2O3S.2Sr/c;;5*1-4(2)3;;/h;;5*(H2,1,2,3);;/q2*+3;;;;;;2*+2/p-10. The van der Waals surface area contributed by atoms with E-state index in [1.807, 2.05) is 0 Å². The molecular formula is Eu2O15S5Sr2. The van der Waals surface area contributed by atoms with Crippen LogP contribution in [0.15, 0.2) is 0 Å². The average Bonchev–Trinajstić information content (AvgIpc) is 1.94. The third-order valence-corrected chi connectivity index (χ3v) is 0. The molecule has 0 atom stereocenters. The van der Waals surface area contributed by atoms with Gasteiger partial charge in [0, 0.05) is 0 Å². The summed E-state index contributed by atoms with van der Waals surface area (Å²) in [6, 6.07) is 0. The summed E-state index contributed by atoms with van der Waals surface area (Å²) in [4.78, 5) is 0. The fourth-order valence-corrected chi connectivity index (χ4v) is 0. The van der Waals surface area contributed by atoms with E-state index >= 15 is 0 Å². The van der Waals surface area contributed by atoms with Crippen molar-refractivity contribution in [1.29, 1.82) is 0 Å². The molecule has 0 aromatic carbocycles. The molecule has 0 fully saturated rings. The van der Waals surface area contributed by atoms with E-state index in [4.69, 9.17) is 66.6 Å². The molecule has 0 N–H and O–H groups in total. The largest absolute Gasteiger partial charge is 3.00 e. The van der Waals surface area contributed by atoms with Gasteiger partial charge in [0.1, 0.15) is 0 Å². The molecule has 0 aromatic rings. The molecule has 0 aliphatic heterocycles. The molecule has 0 amide bonds. The van der Waals surface area contributed by atoms with Gasteiger partial charge < -0.3 is 45.5 Å². The maximum atomic E-state index is 8.44. The van der Waals surface area contributed by atoms with Crippen LogP contribution >= 0.6 is 0 Å². The van der Waals surface area contributed by atoms with Crippen LogP contribution in [0.3, 0.4) is 0 Å². The Balaban J connectivity index is -0.0000000161. The minimum absolute atomic E-state index is 0. The quantitative estimate of drug-likeness (QED) is 0.162. The molecule has 15 nitrogen and oxygen atoms in total. The monoisotopic (exact) mass is 881 g/mol. The van der Waals surface area contributed by atoms with E-state index in [0.717, 1.165) is 0 Å². The smallest absolute Gasteiger partial charge is 0.784 e. The van der Waals surface area contributed by atoms with Crippen molar-refractivity contribution in [2.45, 2.75) is 0 Å². The first-order valence-corrected chi connectivity index (χ1v) is 7.50. The first-order valence-electron chi connectivity index (χ1n) is 2.50. The minimum Gasteiger partial charge on any atom is -0.784 e. The first kappa shape index (κ1) is 57.4. The van der Waals surface area contributed by atoms with Crippen molar-refractivity contribution in [3.8, 4) is 0 Å². The normalized spacial score (nSPS) is 7.29. The summed E-state index contributed by atoms with van der Waals surface area (Å²) in [5.74, 6) is 0. The van der Waals surface area contributed by atoms with Crippen molar-refractivity contribution < 1.29 is 165 Å². The van der Waals surface area contributed by atoms with Crippen molar-refractivity contribution in [3.05, 3.63) is 0 Å². The molecule has 0 aliphatic carbocycles. The summed E-state index contributed by atoms with van der Waals surface area (Å²) in [6.07, 6.45) is 0. The third-order valence-electron chi connectivity index (χ3n) is 0. The maximum absolute atomic E-state index is 8.44. The van der Waals surface area contributed by atoms with Gasteiger partial charge in [0.2, 0.25) is 0 Å². The van der Waals surface area contributed by atoms with Crippen molar-refractivity contribution in [3.63, 3.8) is 0 Å². The van der Waals surface area contributed by atoms with Gasteiger partial charge in [-0.1, -0.05) is 0 Å². The second-order valence-corrected chi connectivity index (χ2v) is 3.06.